The molecule has 2 aromatic rings. The van der Waals surface area contributed by atoms with Crippen molar-refractivity contribution in [3.05, 3.63) is 59.7 Å². The quantitative estimate of drug-likeness (QED) is 0.798. The molecule has 0 spiro atoms. The number of rotatable bonds is 4. The van der Waals surface area contributed by atoms with Crippen LogP contribution in [0.5, 0.6) is 5.75 Å². The van der Waals surface area contributed by atoms with Gasteiger partial charge in [-0.25, -0.2) is 0 Å². The molecule has 168 valence electrons. The molecule has 2 fully saturated rings. The number of fused-ring (bicyclic) bond motifs is 3. The Kier molecular flexibility index (Phi) is 5.64. The van der Waals surface area contributed by atoms with Gasteiger partial charge in [-0.2, -0.15) is 0 Å². The zero-order valence-corrected chi connectivity index (χ0v) is 18.4. The number of anilines is 1. The minimum atomic E-state index is -0.223. The highest BCUT2D eigenvalue weighted by molar-refractivity contribution is 6.09. The SMILES string of the molecule is COc1ccccc1C(=O)N1C[C@H]2[C@@H](c3ccccc31)[C@@H](CO)N2C(=O)C1CCCCC1. The van der Waals surface area contributed by atoms with Gasteiger partial charge in [-0.3, -0.25) is 9.59 Å². The summed E-state index contributed by atoms with van der Waals surface area (Å²) in [5.74, 6) is 0.633. The van der Waals surface area contributed by atoms with Crippen molar-refractivity contribution in [2.75, 3.05) is 25.2 Å². The molecular weight excluding hydrogens is 404 g/mol. The number of ether oxygens (including phenoxy) is 1. The van der Waals surface area contributed by atoms with E-state index in [0.29, 0.717) is 17.9 Å². The number of nitrogens with zero attached hydrogens (tertiary/aromatic N) is 2. The van der Waals surface area contributed by atoms with Crippen LogP contribution in [0.1, 0.15) is 53.9 Å². The van der Waals surface area contributed by atoms with E-state index in [9.17, 15) is 14.7 Å². The van der Waals surface area contributed by atoms with Crippen LogP contribution in [0, 0.1) is 5.92 Å². The lowest BCUT2D eigenvalue weighted by Crippen LogP contribution is -2.71. The average Bonchev–Trinajstić information content (AvgIpc) is 2.84. The molecule has 1 N–H and O–H groups in total. The summed E-state index contributed by atoms with van der Waals surface area (Å²) in [6.07, 6.45) is 5.21. The van der Waals surface area contributed by atoms with E-state index < -0.39 is 0 Å². The van der Waals surface area contributed by atoms with Crippen molar-refractivity contribution in [2.24, 2.45) is 5.92 Å². The Morgan fingerprint density at radius 2 is 1.75 bits per heavy atom. The maximum atomic E-state index is 13.6. The van der Waals surface area contributed by atoms with Gasteiger partial charge in [-0.15, -0.1) is 0 Å². The molecule has 1 saturated heterocycles. The summed E-state index contributed by atoms with van der Waals surface area (Å²) in [5.41, 5.74) is 2.39. The summed E-state index contributed by atoms with van der Waals surface area (Å²) in [4.78, 5) is 30.8. The number of aliphatic hydroxyl groups excluding tert-OH is 1. The lowest BCUT2D eigenvalue weighted by Gasteiger charge is -2.59. The molecular formula is C26H30N2O4. The molecule has 6 nitrogen and oxygen atoms in total. The molecule has 1 saturated carbocycles. The van der Waals surface area contributed by atoms with Crippen LogP contribution >= 0.6 is 0 Å². The second-order valence-corrected chi connectivity index (χ2v) is 9.10. The Bertz CT molecular complexity index is 1020. The number of likely N-dealkylation sites (tertiary alicyclic amines) is 1. The Morgan fingerprint density at radius 1 is 1.03 bits per heavy atom. The summed E-state index contributed by atoms with van der Waals surface area (Å²) in [6, 6.07) is 14.8. The molecule has 3 aliphatic rings. The van der Waals surface area contributed by atoms with Gasteiger partial charge < -0.3 is 19.6 Å². The van der Waals surface area contributed by atoms with E-state index in [1.54, 1.807) is 24.1 Å². The highest BCUT2D eigenvalue weighted by Crippen LogP contribution is 2.49. The molecule has 2 aliphatic heterocycles. The van der Waals surface area contributed by atoms with Crippen molar-refractivity contribution in [1.82, 2.24) is 4.90 Å². The number of carbonyl (C=O) groups excluding carboxylic acids is 2. The van der Waals surface area contributed by atoms with Gasteiger partial charge in [-0.05, 0) is 36.6 Å². The van der Waals surface area contributed by atoms with E-state index in [4.69, 9.17) is 4.74 Å². The molecule has 32 heavy (non-hydrogen) atoms. The van der Waals surface area contributed by atoms with Gasteiger partial charge in [0, 0.05) is 24.1 Å². The van der Waals surface area contributed by atoms with Crippen LogP contribution in [0.4, 0.5) is 5.69 Å². The van der Waals surface area contributed by atoms with Crippen molar-refractivity contribution < 1.29 is 19.4 Å². The van der Waals surface area contributed by atoms with Gasteiger partial charge in [0.25, 0.3) is 5.91 Å². The van der Waals surface area contributed by atoms with Gasteiger partial charge in [0.05, 0.1) is 31.4 Å². The largest absolute Gasteiger partial charge is 0.496 e. The summed E-state index contributed by atoms with van der Waals surface area (Å²) < 4.78 is 5.44. The third-order valence-electron chi connectivity index (χ3n) is 7.48. The normalized spacial score (nSPS) is 24.9. The first-order valence-corrected chi connectivity index (χ1v) is 11.6. The molecule has 2 heterocycles. The molecule has 0 unspecified atom stereocenters. The lowest BCUT2D eigenvalue weighted by atomic mass is 9.70. The van der Waals surface area contributed by atoms with Crippen molar-refractivity contribution in [2.45, 2.75) is 50.1 Å². The molecule has 5 rings (SSSR count). The first-order valence-electron chi connectivity index (χ1n) is 11.6. The third-order valence-corrected chi connectivity index (χ3v) is 7.48. The summed E-state index contributed by atoms with van der Waals surface area (Å²) in [5, 5.41) is 10.2. The maximum Gasteiger partial charge on any atom is 0.262 e. The Balaban J connectivity index is 1.50. The van der Waals surface area contributed by atoms with Gasteiger partial charge in [0.15, 0.2) is 0 Å². The van der Waals surface area contributed by atoms with Crippen molar-refractivity contribution in [1.29, 1.82) is 0 Å². The number of methoxy groups -OCH3 is 1. The summed E-state index contributed by atoms with van der Waals surface area (Å²) >= 11 is 0. The fraction of sp³-hybridized carbons (Fsp3) is 0.462. The van der Waals surface area contributed by atoms with Crippen molar-refractivity contribution in [3.8, 4) is 5.75 Å². The van der Waals surface area contributed by atoms with Crippen LogP contribution in [0.15, 0.2) is 48.5 Å². The number of benzene rings is 2. The molecule has 0 radical (unpaired) electrons. The Labute approximate surface area is 188 Å². The minimum Gasteiger partial charge on any atom is -0.496 e. The molecule has 0 bridgehead atoms. The first-order chi connectivity index (χ1) is 15.7. The summed E-state index contributed by atoms with van der Waals surface area (Å²) in [6.45, 7) is 0.363. The first kappa shape index (κ1) is 21.0. The molecule has 2 amide bonds. The molecule has 1 aliphatic carbocycles. The molecule has 3 atom stereocenters. The van der Waals surface area contributed by atoms with Crippen molar-refractivity contribution in [3.63, 3.8) is 0 Å². The maximum absolute atomic E-state index is 13.6. The van der Waals surface area contributed by atoms with E-state index in [1.807, 2.05) is 41.3 Å². The summed E-state index contributed by atoms with van der Waals surface area (Å²) in [7, 11) is 1.56. The number of para-hydroxylation sites is 2. The Morgan fingerprint density at radius 3 is 2.50 bits per heavy atom. The van der Waals surface area contributed by atoms with Gasteiger partial charge in [0.1, 0.15) is 5.75 Å². The average molecular weight is 435 g/mol. The topological polar surface area (TPSA) is 70.1 Å². The fourth-order valence-electron chi connectivity index (χ4n) is 5.91. The highest BCUT2D eigenvalue weighted by Gasteiger charge is 2.56. The van der Waals surface area contributed by atoms with E-state index in [2.05, 4.69) is 0 Å². The zero-order valence-electron chi connectivity index (χ0n) is 18.4. The number of amides is 2. The lowest BCUT2D eigenvalue weighted by molar-refractivity contribution is -0.156. The molecule has 6 heteroatoms. The monoisotopic (exact) mass is 434 g/mol. The van der Waals surface area contributed by atoms with Gasteiger partial charge in [0.2, 0.25) is 5.91 Å². The number of hydrogen-bond acceptors (Lipinski definition) is 4. The second-order valence-electron chi connectivity index (χ2n) is 9.10. The fourth-order valence-corrected chi connectivity index (χ4v) is 5.91. The van der Waals surface area contributed by atoms with Crippen LogP contribution in [-0.2, 0) is 4.79 Å². The van der Waals surface area contributed by atoms with E-state index >= 15 is 0 Å². The van der Waals surface area contributed by atoms with Crippen LogP contribution in [0.25, 0.3) is 0 Å². The van der Waals surface area contributed by atoms with E-state index in [0.717, 1.165) is 36.9 Å². The number of carbonyl (C=O) groups is 2. The zero-order chi connectivity index (χ0) is 22.2. The minimum absolute atomic E-state index is 0.0364. The smallest absolute Gasteiger partial charge is 0.262 e. The standard InChI is InChI=1S/C26H30N2O4/c1-32-23-14-8-6-12-19(23)26(31)27-15-21-24(18-11-5-7-13-20(18)27)22(16-29)28(21)25(30)17-9-3-2-4-10-17/h5-8,11-14,17,21-22,24,29H,2-4,9-10,15-16H2,1H3/t21-,22+,24+/m0/s1. The predicted octanol–water partition coefficient (Wildman–Crippen LogP) is 3.59. The van der Waals surface area contributed by atoms with E-state index in [-0.39, 0.29) is 42.3 Å². The second kappa shape index (κ2) is 8.58. The highest BCUT2D eigenvalue weighted by atomic mass is 16.5. The van der Waals surface area contributed by atoms with Crippen LogP contribution < -0.4 is 9.64 Å². The predicted molar refractivity (Wildman–Crippen MR) is 122 cm³/mol. The van der Waals surface area contributed by atoms with Crippen LogP contribution in [0.3, 0.4) is 0 Å². The van der Waals surface area contributed by atoms with Crippen molar-refractivity contribution >= 4 is 17.5 Å². The van der Waals surface area contributed by atoms with Gasteiger partial charge in [-0.1, -0.05) is 49.6 Å². The van der Waals surface area contributed by atoms with Crippen LogP contribution in [-0.4, -0.2) is 54.2 Å². The van der Waals surface area contributed by atoms with Gasteiger partial charge >= 0.3 is 0 Å². The third kappa shape index (κ3) is 3.28. The molecule has 2 aromatic carbocycles. The number of hydrogen-bond donors (Lipinski definition) is 1. The van der Waals surface area contributed by atoms with E-state index in [1.165, 1.54) is 6.42 Å². The molecule has 0 aromatic heterocycles. The Hall–Kier alpha value is -2.86. The van der Waals surface area contributed by atoms with Crippen LogP contribution in [0.2, 0.25) is 0 Å². The number of aliphatic hydroxyl groups is 1.